The third-order valence-corrected chi connectivity index (χ3v) is 10.5. The first kappa shape index (κ1) is 52.2. The Morgan fingerprint density at radius 2 is 0.838 bits per heavy atom. The van der Waals surface area contributed by atoms with Crippen LogP contribution < -0.4 is 21.3 Å². The van der Waals surface area contributed by atoms with E-state index in [0.717, 1.165) is 50.2 Å². The Kier molecular flexibility index (Phi) is 16.5. The zero-order valence-electron chi connectivity index (χ0n) is 35.3. The van der Waals surface area contributed by atoms with Gasteiger partial charge in [0.15, 0.2) is 11.6 Å². The molecule has 68 heavy (non-hydrogen) atoms. The maximum absolute atomic E-state index is 13.6. The van der Waals surface area contributed by atoms with Crippen LogP contribution in [0.4, 0.5) is 60.5 Å². The number of alkyl halides is 6. The molecular weight excluding hydrogens is 992 g/mol. The Morgan fingerprint density at radius 3 is 1.16 bits per heavy atom. The molecule has 24 heteroatoms. The zero-order chi connectivity index (χ0) is 50.4. The van der Waals surface area contributed by atoms with Gasteiger partial charge in [0.05, 0.1) is 55.0 Å². The number of Topliss-reactive ketones (excluding diaryl/α,β-unsaturated/α-hetero) is 2. The number of azo groups is 2. The number of nitrogens with zero attached hydrogens (tertiary/aromatic N) is 4. The molecule has 0 fully saturated rings. The normalized spacial score (nSPS) is 12.7. The molecule has 0 spiro atoms. The third kappa shape index (κ3) is 13.2. The summed E-state index contributed by atoms with van der Waals surface area (Å²) in [5.41, 5.74) is -3.36. The van der Waals surface area contributed by atoms with E-state index in [-0.39, 0.29) is 54.0 Å². The molecule has 0 heterocycles. The van der Waals surface area contributed by atoms with Crippen molar-refractivity contribution in [3.8, 4) is 0 Å². The second kappa shape index (κ2) is 21.5. The number of ketones is 2. The van der Waals surface area contributed by atoms with Gasteiger partial charge in [-0.3, -0.25) is 28.8 Å². The van der Waals surface area contributed by atoms with E-state index in [0.29, 0.717) is 23.3 Å². The van der Waals surface area contributed by atoms with E-state index < -0.39 is 82.1 Å². The fraction of sp³-hybridized carbons (Fsp3) is 0.182. The number of aryl methyl sites for hydroxylation is 2. The highest BCUT2D eigenvalue weighted by molar-refractivity contribution is 6.35. The highest BCUT2D eigenvalue weighted by Crippen LogP contribution is 2.39. The number of carbonyl (C=O) groups excluding carboxylic acids is 6. The van der Waals surface area contributed by atoms with Crippen LogP contribution in [0.2, 0.25) is 20.1 Å². The molecule has 354 valence electrons. The predicted octanol–water partition coefficient (Wildman–Crippen LogP) is 12.8. The molecule has 2 unspecified atom stereocenters. The number of hydrogen-bond acceptors (Lipinski definition) is 10. The van der Waals surface area contributed by atoms with Crippen molar-refractivity contribution >= 4 is 116 Å². The van der Waals surface area contributed by atoms with Crippen molar-refractivity contribution in [2.75, 3.05) is 21.3 Å². The molecule has 4 amide bonds. The first-order valence-electron chi connectivity index (χ1n) is 19.2. The topological polar surface area (TPSA) is 200 Å². The Morgan fingerprint density at radius 1 is 0.485 bits per heavy atom. The second-order valence-corrected chi connectivity index (χ2v) is 16.2. The van der Waals surface area contributed by atoms with Crippen LogP contribution in [-0.2, 0) is 31.5 Å². The van der Waals surface area contributed by atoms with Crippen LogP contribution in [0.1, 0.15) is 56.8 Å². The molecule has 5 rings (SSSR count). The summed E-state index contributed by atoms with van der Waals surface area (Å²) >= 11 is 23.8. The third-order valence-electron chi connectivity index (χ3n) is 9.39. The standard InChI is InChI=1S/C44H32Cl4F6N8O6/c1-19-13-36(58-42(68)38(22(4)64)62-60-26-8-10-32(48)28(18-26)40(66)56-34-12-6-24(46)16-30(34)44(52,53)54)20(2)14-35(19)57-41(67)37(21(3)63)61-59-25-7-9-31(47)27(17-25)39(65)55-33-11-5-23(45)15-29(33)43(49,50)51/h5-18,37-38H,1-4H3,(H,55,65)(H,56,66)(H,57,67)(H,58,68). The van der Waals surface area contributed by atoms with Crippen LogP contribution in [-0.4, -0.2) is 47.3 Å². The van der Waals surface area contributed by atoms with Gasteiger partial charge in [-0.15, -0.1) is 0 Å². The van der Waals surface area contributed by atoms with E-state index in [1.165, 1.54) is 36.4 Å². The van der Waals surface area contributed by atoms with Crippen LogP contribution in [0.3, 0.4) is 0 Å². The Bertz CT molecular complexity index is 2740. The largest absolute Gasteiger partial charge is 0.418 e. The van der Waals surface area contributed by atoms with Gasteiger partial charge in [0.1, 0.15) is 0 Å². The van der Waals surface area contributed by atoms with Gasteiger partial charge in [-0.1, -0.05) is 46.4 Å². The van der Waals surface area contributed by atoms with Crippen molar-refractivity contribution in [1.82, 2.24) is 0 Å². The Hall–Kier alpha value is -6.74. The zero-order valence-corrected chi connectivity index (χ0v) is 38.3. The number of carbonyl (C=O) groups is 6. The van der Waals surface area contributed by atoms with Crippen molar-refractivity contribution < 1.29 is 55.1 Å². The molecule has 0 saturated heterocycles. The lowest BCUT2D eigenvalue weighted by atomic mass is 10.1. The predicted molar refractivity (Wildman–Crippen MR) is 243 cm³/mol. The second-order valence-electron chi connectivity index (χ2n) is 14.5. The van der Waals surface area contributed by atoms with Crippen molar-refractivity contribution in [2.45, 2.75) is 52.1 Å². The van der Waals surface area contributed by atoms with Crippen molar-refractivity contribution in [2.24, 2.45) is 20.5 Å². The summed E-state index contributed by atoms with van der Waals surface area (Å²) in [6, 6.07) is 12.1. The smallest absolute Gasteiger partial charge is 0.324 e. The van der Waals surface area contributed by atoms with E-state index >= 15 is 0 Å². The molecule has 0 saturated carbocycles. The van der Waals surface area contributed by atoms with E-state index in [9.17, 15) is 55.1 Å². The summed E-state index contributed by atoms with van der Waals surface area (Å²) in [5.74, 6) is -5.47. The molecule has 0 radical (unpaired) electrons. The lowest BCUT2D eigenvalue weighted by molar-refractivity contribution is -0.137. The highest BCUT2D eigenvalue weighted by atomic mass is 35.5. The molecule has 2 atom stereocenters. The monoisotopic (exact) mass is 1020 g/mol. The summed E-state index contributed by atoms with van der Waals surface area (Å²) in [6.07, 6.45) is -9.72. The van der Waals surface area contributed by atoms with Gasteiger partial charge in [-0.05, 0) is 124 Å². The first-order valence-corrected chi connectivity index (χ1v) is 20.8. The quantitative estimate of drug-likeness (QED) is 0.0484. The van der Waals surface area contributed by atoms with Gasteiger partial charge < -0.3 is 21.3 Å². The fourth-order valence-electron chi connectivity index (χ4n) is 5.97. The number of halogens is 10. The summed E-state index contributed by atoms with van der Waals surface area (Å²) < 4.78 is 81.7. The van der Waals surface area contributed by atoms with E-state index in [1.54, 1.807) is 13.8 Å². The van der Waals surface area contributed by atoms with Crippen molar-refractivity contribution in [3.05, 3.63) is 138 Å². The number of rotatable bonds is 14. The first-order chi connectivity index (χ1) is 31.7. The summed E-state index contributed by atoms with van der Waals surface area (Å²) in [5, 5.41) is 24.1. The van der Waals surface area contributed by atoms with Crippen molar-refractivity contribution in [3.63, 3.8) is 0 Å². The minimum Gasteiger partial charge on any atom is -0.324 e. The molecule has 0 aliphatic rings. The molecule has 4 N–H and O–H groups in total. The van der Waals surface area contributed by atoms with Gasteiger partial charge in [-0.25, -0.2) is 0 Å². The van der Waals surface area contributed by atoms with Crippen LogP contribution in [0, 0.1) is 13.8 Å². The van der Waals surface area contributed by atoms with Gasteiger partial charge >= 0.3 is 12.4 Å². The summed E-state index contributed by atoms with van der Waals surface area (Å²) in [7, 11) is 0. The maximum atomic E-state index is 13.6. The number of anilines is 4. The number of hydrogen-bond donors (Lipinski definition) is 4. The molecule has 5 aromatic rings. The SMILES string of the molecule is CC(=O)C(N=Nc1ccc(Cl)c(C(=O)Nc2ccc(Cl)cc2C(F)(F)F)c1)C(=O)Nc1cc(C)c(NC(=O)C(N=Nc2ccc(Cl)c(C(=O)Nc3ccc(Cl)cc3C(F)(F)F)c2)C(C)=O)cc1C. The van der Waals surface area contributed by atoms with Gasteiger partial charge in [-0.2, -0.15) is 46.8 Å². The Labute approximate surface area is 401 Å². The minimum absolute atomic E-state index is 0.0946. The number of nitrogens with one attached hydrogen (secondary N) is 4. The molecule has 0 aliphatic carbocycles. The molecule has 0 aliphatic heterocycles. The summed E-state index contributed by atoms with van der Waals surface area (Å²) in [6.45, 7) is 5.22. The van der Waals surface area contributed by atoms with Crippen molar-refractivity contribution in [1.29, 1.82) is 0 Å². The van der Waals surface area contributed by atoms with Crippen LogP contribution >= 0.6 is 46.4 Å². The van der Waals surface area contributed by atoms with Gasteiger partial charge in [0.25, 0.3) is 23.6 Å². The van der Waals surface area contributed by atoms with Crippen LogP contribution in [0.25, 0.3) is 0 Å². The van der Waals surface area contributed by atoms with E-state index in [4.69, 9.17) is 46.4 Å². The average molecular weight is 1020 g/mol. The maximum Gasteiger partial charge on any atom is 0.418 e. The van der Waals surface area contributed by atoms with E-state index in [2.05, 4.69) is 41.7 Å². The number of amides is 4. The molecule has 14 nitrogen and oxygen atoms in total. The van der Waals surface area contributed by atoms with Crippen LogP contribution in [0.15, 0.2) is 105 Å². The molecule has 0 aromatic heterocycles. The molecule has 5 aromatic carbocycles. The van der Waals surface area contributed by atoms with Gasteiger partial charge in [0.2, 0.25) is 12.1 Å². The van der Waals surface area contributed by atoms with E-state index in [1.807, 2.05) is 0 Å². The highest BCUT2D eigenvalue weighted by Gasteiger charge is 2.36. The van der Waals surface area contributed by atoms with Gasteiger partial charge in [0, 0.05) is 21.4 Å². The molecular formula is C44H32Cl4F6N8O6. The lowest BCUT2D eigenvalue weighted by Crippen LogP contribution is -2.32. The molecule has 0 bridgehead atoms. The number of benzene rings is 5. The van der Waals surface area contributed by atoms with Crippen LogP contribution in [0.5, 0.6) is 0 Å². The summed E-state index contributed by atoms with van der Waals surface area (Å²) in [4.78, 5) is 78.0. The lowest BCUT2D eigenvalue weighted by Gasteiger charge is -2.16. The fourth-order valence-corrected chi connectivity index (χ4v) is 6.72. The average Bonchev–Trinajstić information content (AvgIpc) is 3.24. The minimum atomic E-state index is -4.86. The Balaban J connectivity index is 1.27.